The molecule has 2 N–H and O–H groups in total. The lowest BCUT2D eigenvalue weighted by Gasteiger charge is -2.12. The number of fused-ring (bicyclic) bond motifs is 1. The van der Waals surface area contributed by atoms with Crippen LogP contribution in [0.1, 0.15) is 11.3 Å². The first-order chi connectivity index (χ1) is 14.2. The molecule has 0 radical (unpaired) electrons. The molecule has 0 saturated heterocycles. The lowest BCUT2D eigenvalue weighted by atomic mass is 10.1. The van der Waals surface area contributed by atoms with E-state index in [0.29, 0.717) is 5.95 Å². The Balaban J connectivity index is 1.49. The summed E-state index contributed by atoms with van der Waals surface area (Å²) in [5.74, 6) is 2.23. The first kappa shape index (κ1) is 18.7. The Morgan fingerprint density at radius 1 is 0.966 bits per heavy atom. The lowest BCUT2D eigenvalue weighted by Crippen LogP contribution is -2.09. The Hall–Kier alpha value is -3.67. The molecular formula is C23H23N5O. The SMILES string of the molecule is COc1ccccc1CCNc1cc(C)nc(Nc2cccc3cccnc23)n1. The molecule has 6 heteroatoms. The van der Waals surface area contributed by atoms with Crippen LogP contribution in [0.4, 0.5) is 17.5 Å². The number of hydrogen-bond donors (Lipinski definition) is 2. The fraction of sp³-hybridized carbons (Fsp3) is 0.174. The van der Waals surface area contributed by atoms with Crippen molar-refractivity contribution in [1.29, 1.82) is 0 Å². The third-order valence-electron chi connectivity index (χ3n) is 4.63. The number of aromatic nitrogens is 3. The zero-order valence-electron chi connectivity index (χ0n) is 16.5. The van der Waals surface area contributed by atoms with Gasteiger partial charge in [-0.2, -0.15) is 4.98 Å². The Morgan fingerprint density at radius 2 is 1.83 bits per heavy atom. The minimum Gasteiger partial charge on any atom is -0.496 e. The molecule has 0 saturated carbocycles. The predicted molar refractivity (Wildman–Crippen MR) is 117 cm³/mol. The highest BCUT2D eigenvalue weighted by molar-refractivity contribution is 5.91. The number of pyridine rings is 1. The quantitative estimate of drug-likeness (QED) is 0.479. The first-order valence-corrected chi connectivity index (χ1v) is 9.55. The third kappa shape index (κ3) is 4.43. The highest BCUT2D eigenvalue weighted by Gasteiger charge is 2.07. The van der Waals surface area contributed by atoms with E-state index in [1.165, 1.54) is 0 Å². The molecule has 6 nitrogen and oxygen atoms in total. The molecule has 4 rings (SSSR count). The summed E-state index contributed by atoms with van der Waals surface area (Å²) in [6.07, 6.45) is 2.62. The topological polar surface area (TPSA) is 72.0 Å². The molecule has 2 heterocycles. The van der Waals surface area contributed by atoms with Gasteiger partial charge in [-0.25, -0.2) is 4.98 Å². The van der Waals surface area contributed by atoms with Crippen LogP contribution in [0.15, 0.2) is 66.9 Å². The number of para-hydroxylation sites is 2. The van der Waals surface area contributed by atoms with Crippen LogP contribution in [0.3, 0.4) is 0 Å². The van der Waals surface area contributed by atoms with Crippen molar-refractivity contribution in [2.45, 2.75) is 13.3 Å². The number of hydrogen-bond acceptors (Lipinski definition) is 6. The van der Waals surface area contributed by atoms with E-state index in [9.17, 15) is 0 Å². The Morgan fingerprint density at radius 3 is 2.72 bits per heavy atom. The second kappa shape index (κ2) is 8.56. The van der Waals surface area contributed by atoms with Crippen LogP contribution in [0.2, 0.25) is 0 Å². The van der Waals surface area contributed by atoms with Crippen molar-refractivity contribution >= 4 is 28.4 Å². The van der Waals surface area contributed by atoms with Gasteiger partial charge in [-0.3, -0.25) is 4.98 Å². The summed E-state index contributed by atoms with van der Waals surface area (Å²) in [5.41, 5.74) is 3.82. The van der Waals surface area contributed by atoms with Gasteiger partial charge in [-0.1, -0.05) is 36.4 Å². The van der Waals surface area contributed by atoms with Crippen molar-refractivity contribution in [3.63, 3.8) is 0 Å². The standard InChI is InChI=1S/C23H23N5O/c1-16-15-21(24-14-12-17-7-3-4-11-20(17)29-2)28-23(26-16)27-19-10-5-8-18-9-6-13-25-22(18)19/h3-11,13,15H,12,14H2,1-2H3,(H2,24,26,27,28). The molecule has 0 aliphatic rings. The summed E-state index contributed by atoms with van der Waals surface area (Å²) >= 11 is 0. The summed E-state index contributed by atoms with van der Waals surface area (Å²) in [4.78, 5) is 13.6. The van der Waals surface area contributed by atoms with Crippen molar-refractivity contribution in [3.05, 3.63) is 78.1 Å². The fourth-order valence-electron chi connectivity index (χ4n) is 3.28. The molecule has 29 heavy (non-hydrogen) atoms. The second-order valence-electron chi connectivity index (χ2n) is 6.71. The Kier molecular flexibility index (Phi) is 5.52. The zero-order valence-corrected chi connectivity index (χ0v) is 16.5. The monoisotopic (exact) mass is 385 g/mol. The van der Waals surface area contributed by atoms with Gasteiger partial charge in [0.25, 0.3) is 0 Å². The predicted octanol–water partition coefficient (Wildman–Crippen LogP) is 4.74. The van der Waals surface area contributed by atoms with Crippen molar-refractivity contribution in [2.24, 2.45) is 0 Å². The largest absolute Gasteiger partial charge is 0.496 e. The van der Waals surface area contributed by atoms with Gasteiger partial charge in [0.15, 0.2) is 0 Å². The van der Waals surface area contributed by atoms with E-state index < -0.39 is 0 Å². The normalized spacial score (nSPS) is 10.7. The van der Waals surface area contributed by atoms with Crippen LogP contribution in [-0.4, -0.2) is 28.6 Å². The molecule has 0 unspecified atom stereocenters. The van der Waals surface area contributed by atoms with Crippen LogP contribution in [-0.2, 0) is 6.42 Å². The van der Waals surface area contributed by atoms with E-state index in [4.69, 9.17) is 4.74 Å². The molecule has 2 aromatic heterocycles. The highest BCUT2D eigenvalue weighted by Crippen LogP contribution is 2.24. The number of nitrogens with zero attached hydrogens (tertiary/aromatic N) is 3. The van der Waals surface area contributed by atoms with E-state index in [1.54, 1.807) is 13.3 Å². The Bertz CT molecular complexity index is 1120. The zero-order chi connectivity index (χ0) is 20.1. The molecule has 0 spiro atoms. The number of ether oxygens (including phenoxy) is 1. The number of nitrogens with one attached hydrogen (secondary N) is 2. The van der Waals surface area contributed by atoms with Gasteiger partial charge >= 0.3 is 0 Å². The van der Waals surface area contributed by atoms with E-state index in [1.807, 2.05) is 61.5 Å². The molecule has 0 atom stereocenters. The van der Waals surface area contributed by atoms with Crippen LogP contribution >= 0.6 is 0 Å². The third-order valence-corrected chi connectivity index (χ3v) is 4.63. The number of rotatable bonds is 7. The lowest BCUT2D eigenvalue weighted by molar-refractivity contribution is 0.410. The molecule has 0 aliphatic heterocycles. The average molecular weight is 385 g/mol. The van der Waals surface area contributed by atoms with Crippen molar-refractivity contribution in [1.82, 2.24) is 15.0 Å². The fourth-order valence-corrected chi connectivity index (χ4v) is 3.28. The van der Waals surface area contributed by atoms with Gasteiger partial charge in [0.2, 0.25) is 5.95 Å². The van der Waals surface area contributed by atoms with Crippen molar-refractivity contribution in [2.75, 3.05) is 24.3 Å². The van der Waals surface area contributed by atoms with Gasteiger partial charge in [0, 0.05) is 29.9 Å². The summed E-state index contributed by atoms with van der Waals surface area (Å²) in [7, 11) is 1.69. The maximum Gasteiger partial charge on any atom is 0.229 e. The second-order valence-corrected chi connectivity index (χ2v) is 6.71. The highest BCUT2D eigenvalue weighted by atomic mass is 16.5. The van der Waals surface area contributed by atoms with Gasteiger partial charge in [-0.15, -0.1) is 0 Å². The average Bonchev–Trinajstić information content (AvgIpc) is 2.74. The van der Waals surface area contributed by atoms with Gasteiger partial charge < -0.3 is 15.4 Å². The van der Waals surface area contributed by atoms with Crippen LogP contribution in [0.5, 0.6) is 5.75 Å². The molecule has 4 aromatic rings. The smallest absolute Gasteiger partial charge is 0.229 e. The maximum absolute atomic E-state index is 5.42. The van der Waals surface area contributed by atoms with Crippen LogP contribution in [0, 0.1) is 6.92 Å². The molecular weight excluding hydrogens is 362 g/mol. The molecule has 0 bridgehead atoms. The van der Waals surface area contributed by atoms with Crippen molar-refractivity contribution in [3.8, 4) is 5.75 Å². The summed E-state index contributed by atoms with van der Waals surface area (Å²) in [5, 5.41) is 7.77. The number of anilines is 3. The van der Waals surface area contributed by atoms with E-state index in [0.717, 1.165) is 52.4 Å². The van der Waals surface area contributed by atoms with Gasteiger partial charge in [-0.05, 0) is 37.1 Å². The van der Waals surface area contributed by atoms with E-state index in [2.05, 4.69) is 31.7 Å². The maximum atomic E-state index is 5.42. The van der Waals surface area contributed by atoms with Gasteiger partial charge in [0.05, 0.1) is 18.3 Å². The molecule has 146 valence electrons. The van der Waals surface area contributed by atoms with E-state index in [-0.39, 0.29) is 0 Å². The molecule has 0 amide bonds. The van der Waals surface area contributed by atoms with Crippen LogP contribution < -0.4 is 15.4 Å². The van der Waals surface area contributed by atoms with Crippen LogP contribution in [0.25, 0.3) is 10.9 Å². The Labute approximate surface area is 170 Å². The number of benzene rings is 2. The molecule has 0 fully saturated rings. The minimum absolute atomic E-state index is 0.544. The summed E-state index contributed by atoms with van der Waals surface area (Å²) in [6, 6.07) is 20.0. The number of aryl methyl sites for hydroxylation is 1. The van der Waals surface area contributed by atoms with Gasteiger partial charge in [0.1, 0.15) is 11.6 Å². The van der Waals surface area contributed by atoms with E-state index >= 15 is 0 Å². The summed E-state index contributed by atoms with van der Waals surface area (Å²) in [6.45, 7) is 2.70. The minimum atomic E-state index is 0.544. The number of methoxy groups -OCH3 is 1. The molecule has 0 aliphatic carbocycles. The summed E-state index contributed by atoms with van der Waals surface area (Å²) < 4.78 is 5.42. The molecule has 2 aromatic carbocycles. The first-order valence-electron chi connectivity index (χ1n) is 9.55. The van der Waals surface area contributed by atoms with Crippen molar-refractivity contribution < 1.29 is 4.74 Å².